The summed E-state index contributed by atoms with van der Waals surface area (Å²) in [7, 11) is 6.75. The highest BCUT2D eigenvalue weighted by Crippen LogP contribution is 2.06. The zero-order valence-corrected chi connectivity index (χ0v) is 9.35. The molecular weight excluding hydrogens is 146 g/mol. The van der Waals surface area contributed by atoms with E-state index in [1.165, 1.54) is 25.8 Å². The molecular formula is C11H24N+. The molecule has 0 aromatic carbocycles. The molecule has 1 heteroatoms. The van der Waals surface area contributed by atoms with Gasteiger partial charge in [-0.3, -0.25) is 0 Å². The van der Waals surface area contributed by atoms with E-state index in [9.17, 15) is 0 Å². The van der Waals surface area contributed by atoms with Gasteiger partial charge in [-0.05, 0) is 19.8 Å². The fraction of sp³-hybridized carbons (Fsp3) is 0.818. The third-order valence-corrected chi connectivity index (χ3v) is 1.95. The molecule has 0 aliphatic heterocycles. The van der Waals surface area contributed by atoms with E-state index in [4.69, 9.17) is 0 Å². The average Bonchev–Trinajstić information content (AvgIpc) is 1.84. The molecule has 0 N–H and O–H groups in total. The molecule has 0 bridgehead atoms. The summed E-state index contributed by atoms with van der Waals surface area (Å²) >= 11 is 0. The lowest BCUT2D eigenvalue weighted by atomic mass is 10.1. The first-order chi connectivity index (χ1) is 5.45. The Labute approximate surface area is 77.7 Å². The number of nitrogens with zero attached hydrogens (tertiary/aromatic N) is 1. The van der Waals surface area contributed by atoms with Crippen molar-refractivity contribution >= 4 is 0 Å². The largest absolute Gasteiger partial charge is 0.331 e. The molecule has 0 heterocycles. The summed E-state index contributed by atoms with van der Waals surface area (Å²) in [6.07, 6.45) is 6.08. The van der Waals surface area contributed by atoms with Crippen molar-refractivity contribution in [1.82, 2.24) is 0 Å². The van der Waals surface area contributed by atoms with E-state index < -0.39 is 0 Å². The van der Waals surface area contributed by atoms with Crippen LogP contribution in [0.2, 0.25) is 0 Å². The highest BCUT2D eigenvalue weighted by atomic mass is 15.3. The van der Waals surface area contributed by atoms with Crippen molar-refractivity contribution in [2.24, 2.45) is 0 Å². The predicted molar refractivity (Wildman–Crippen MR) is 56.2 cm³/mol. The third-order valence-electron chi connectivity index (χ3n) is 1.95. The van der Waals surface area contributed by atoms with Crippen LogP contribution < -0.4 is 0 Å². The second-order valence-electron chi connectivity index (χ2n) is 4.58. The zero-order valence-electron chi connectivity index (χ0n) is 9.35. The lowest BCUT2D eigenvalue weighted by Crippen LogP contribution is -2.35. The third kappa shape index (κ3) is 7.80. The maximum atomic E-state index is 2.33. The Balaban J connectivity index is 3.50. The number of rotatable bonds is 5. The van der Waals surface area contributed by atoms with Crippen LogP contribution in [-0.2, 0) is 0 Å². The van der Waals surface area contributed by atoms with E-state index in [0.717, 1.165) is 4.48 Å². The van der Waals surface area contributed by atoms with E-state index in [1.54, 1.807) is 5.57 Å². The molecule has 0 fully saturated rings. The number of hydrogen-bond acceptors (Lipinski definition) is 0. The molecule has 0 aliphatic rings. The summed E-state index contributed by atoms with van der Waals surface area (Å²) in [4.78, 5) is 0. The van der Waals surface area contributed by atoms with Crippen LogP contribution in [0.15, 0.2) is 11.6 Å². The molecule has 1 nitrogen and oxygen atoms in total. The standard InChI is InChI=1S/C11H24N/c1-6-8-11(2)9-7-10-12(3,4)5/h8H,6-7,9-10H2,1-5H3/q+1/b11-8-. The Bertz CT molecular complexity index is 140. The minimum atomic E-state index is 1.08. The molecule has 0 aromatic heterocycles. The number of quaternary nitrogens is 1. The SMILES string of the molecule is CC/C=C(/C)CCC[N+](C)(C)C. The molecule has 0 unspecified atom stereocenters. The fourth-order valence-electron chi connectivity index (χ4n) is 1.28. The van der Waals surface area contributed by atoms with Gasteiger partial charge in [0.05, 0.1) is 27.7 Å². The molecule has 0 atom stereocenters. The van der Waals surface area contributed by atoms with Gasteiger partial charge in [0.2, 0.25) is 0 Å². The van der Waals surface area contributed by atoms with Crippen molar-refractivity contribution in [3.8, 4) is 0 Å². The molecule has 0 saturated heterocycles. The van der Waals surface area contributed by atoms with Crippen LogP contribution in [-0.4, -0.2) is 32.2 Å². The van der Waals surface area contributed by atoms with Crippen LogP contribution in [0, 0.1) is 0 Å². The first kappa shape index (κ1) is 11.7. The maximum absolute atomic E-state index is 2.33. The van der Waals surface area contributed by atoms with Gasteiger partial charge in [0.25, 0.3) is 0 Å². The Morgan fingerprint density at radius 2 is 1.83 bits per heavy atom. The van der Waals surface area contributed by atoms with Gasteiger partial charge in [0.1, 0.15) is 0 Å². The van der Waals surface area contributed by atoms with Gasteiger partial charge in [-0.2, -0.15) is 0 Å². The predicted octanol–water partition coefficient (Wildman–Crippen LogP) is 2.83. The van der Waals surface area contributed by atoms with Crippen LogP contribution in [0.3, 0.4) is 0 Å². The zero-order chi connectivity index (χ0) is 9.61. The van der Waals surface area contributed by atoms with Gasteiger partial charge in [0.15, 0.2) is 0 Å². The van der Waals surface area contributed by atoms with Crippen molar-refractivity contribution in [2.75, 3.05) is 27.7 Å². The van der Waals surface area contributed by atoms with Crippen LogP contribution in [0.1, 0.15) is 33.1 Å². The van der Waals surface area contributed by atoms with Crippen LogP contribution in [0.25, 0.3) is 0 Å². The van der Waals surface area contributed by atoms with Crippen molar-refractivity contribution < 1.29 is 4.48 Å². The van der Waals surface area contributed by atoms with Gasteiger partial charge in [-0.25, -0.2) is 0 Å². The van der Waals surface area contributed by atoms with E-state index in [1.807, 2.05) is 0 Å². The molecule has 12 heavy (non-hydrogen) atoms. The molecule has 0 radical (unpaired) electrons. The molecule has 0 spiro atoms. The first-order valence-electron chi connectivity index (χ1n) is 4.92. The summed E-state index contributed by atoms with van der Waals surface area (Å²) < 4.78 is 1.08. The van der Waals surface area contributed by atoms with E-state index in [0.29, 0.717) is 0 Å². The summed E-state index contributed by atoms with van der Waals surface area (Å²) in [6.45, 7) is 5.71. The molecule has 0 aromatic rings. The number of hydrogen-bond donors (Lipinski definition) is 0. The second-order valence-corrected chi connectivity index (χ2v) is 4.58. The lowest BCUT2D eigenvalue weighted by molar-refractivity contribution is -0.870. The molecule has 72 valence electrons. The maximum Gasteiger partial charge on any atom is 0.0783 e. The summed E-state index contributed by atoms with van der Waals surface area (Å²) in [5.74, 6) is 0. The van der Waals surface area contributed by atoms with Gasteiger partial charge < -0.3 is 4.48 Å². The monoisotopic (exact) mass is 170 g/mol. The van der Waals surface area contributed by atoms with Crippen molar-refractivity contribution in [3.05, 3.63) is 11.6 Å². The Kier molecular flexibility index (Phi) is 5.23. The summed E-state index contributed by atoms with van der Waals surface area (Å²) in [6, 6.07) is 0. The minimum absolute atomic E-state index is 1.08. The van der Waals surface area contributed by atoms with Crippen molar-refractivity contribution in [1.29, 1.82) is 0 Å². The van der Waals surface area contributed by atoms with Gasteiger partial charge in [-0.15, -0.1) is 0 Å². The Morgan fingerprint density at radius 1 is 1.25 bits per heavy atom. The second kappa shape index (κ2) is 5.36. The quantitative estimate of drug-likeness (QED) is 0.439. The van der Waals surface area contributed by atoms with Crippen molar-refractivity contribution in [2.45, 2.75) is 33.1 Å². The van der Waals surface area contributed by atoms with Crippen LogP contribution in [0.5, 0.6) is 0 Å². The van der Waals surface area contributed by atoms with E-state index >= 15 is 0 Å². The number of allylic oxidation sites excluding steroid dienone is 2. The molecule has 0 amide bonds. The smallest absolute Gasteiger partial charge is 0.0783 e. The molecule has 0 saturated carbocycles. The topological polar surface area (TPSA) is 0 Å². The van der Waals surface area contributed by atoms with Gasteiger partial charge in [0, 0.05) is 6.42 Å². The average molecular weight is 170 g/mol. The summed E-state index contributed by atoms with van der Waals surface area (Å²) in [5, 5.41) is 0. The highest BCUT2D eigenvalue weighted by Gasteiger charge is 2.05. The van der Waals surface area contributed by atoms with Crippen molar-refractivity contribution in [3.63, 3.8) is 0 Å². The first-order valence-corrected chi connectivity index (χ1v) is 4.92. The Morgan fingerprint density at radius 3 is 2.25 bits per heavy atom. The van der Waals surface area contributed by atoms with E-state index in [-0.39, 0.29) is 0 Å². The van der Waals surface area contributed by atoms with Gasteiger partial charge >= 0.3 is 0 Å². The fourth-order valence-corrected chi connectivity index (χ4v) is 1.28. The van der Waals surface area contributed by atoms with Crippen LogP contribution >= 0.6 is 0 Å². The van der Waals surface area contributed by atoms with E-state index in [2.05, 4.69) is 41.1 Å². The lowest BCUT2D eigenvalue weighted by Gasteiger charge is -2.23. The molecule has 0 aliphatic carbocycles. The Hall–Kier alpha value is -0.300. The van der Waals surface area contributed by atoms with Crippen LogP contribution in [0.4, 0.5) is 0 Å². The highest BCUT2D eigenvalue weighted by molar-refractivity contribution is 4.96. The minimum Gasteiger partial charge on any atom is -0.331 e. The summed E-state index contributed by atoms with van der Waals surface area (Å²) in [5.41, 5.74) is 1.55. The van der Waals surface area contributed by atoms with Gasteiger partial charge in [-0.1, -0.05) is 18.6 Å². The normalized spacial score (nSPS) is 13.6. The molecule has 0 rings (SSSR count).